The van der Waals surface area contributed by atoms with E-state index in [1.807, 2.05) is 0 Å². The quantitative estimate of drug-likeness (QED) is 0.518. The van der Waals surface area contributed by atoms with Crippen LogP contribution in [0.3, 0.4) is 0 Å². The van der Waals surface area contributed by atoms with Gasteiger partial charge in [-0.2, -0.15) is 0 Å². The van der Waals surface area contributed by atoms with Gasteiger partial charge < -0.3 is 16.4 Å². The molecule has 8 heteroatoms. The van der Waals surface area contributed by atoms with Crippen LogP contribution in [0.25, 0.3) is 0 Å². The van der Waals surface area contributed by atoms with Crippen molar-refractivity contribution in [3.63, 3.8) is 0 Å². The first-order valence-electron chi connectivity index (χ1n) is 5.68. The zero-order valence-corrected chi connectivity index (χ0v) is 11.7. The summed E-state index contributed by atoms with van der Waals surface area (Å²) in [4.78, 5) is 22.9. The Hall–Kier alpha value is -1.15. The molecular formula is C10H21N3O4S. The molecule has 7 nitrogen and oxygen atoms in total. The van der Waals surface area contributed by atoms with Crippen LogP contribution in [0.4, 0.5) is 0 Å². The summed E-state index contributed by atoms with van der Waals surface area (Å²) < 4.78 is 21.8. The monoisotopic (exact) mass is 279 g/mol. The van der Waals surface area contributed by atoms with E-state index in [4.69, 9.17) is 5.73 Å². The second-order valence-electron chi connectivity index (χ2n) is 4.15. The average Bonchev–Trinajstić information content (AvgIpc) is 2.24. The van der Waals surface area contributed by atoms with Crippen LogP contribution < -0.4 is 16.4 Å². The summed E-state index contributed by atoms with van der Waals surface area (Å²) in [6.45, 7) is 3.77. The molecule has 0 heterocycles. The second kappa shape index (κ2) is 7.32. The average molecular weight is 279 g/mol. The highest BCUT2D eigenvalue weighted by molar-refractivity contribution is 7.90. The zero-order valence-electron chi connectivity index (χ0n) is 10.9. The number of nitrogens with two attached hydrogens (primary N) is 1. The molecule has 18 heavy (non-hydrogen) atoms. The molecule has 4 N–H and O–H groups in total. The molecule has 0 spiro atoms. The Morgan fingerprint density at radius 3 is 2.28 bits per heavy atom. The molecule has 106 valence electrons. The van der Waals surface area contributed by atoms with Gasteiger partial charge in [0.25, 0.3) is 0 Å². The number of nitrogens with one attached hydrogen (secondary N) is 2. The third-order valence-electron chi connectivity index (χ3n) is 2.24. The van der Waals surface area contributed by atoms with Crippen molar-refractivity contribution in [3.8, 4) is 0 Å². The fourth-order valence-corrected chi connectivity index (χ4v) is 1.87. The van der Waals surface area contributed by atoms with Crippen LogP contribution in [0, 0.1) is 0 Å². The number of hydrogen-bond donors (Lipinski definition) is 3. The zero-order chi connectivity index (χ0) is 14.3. The molecule has 0 aliphatic rings. The molecular weight excluding hydrogens is 258 g/mol. The van der Waals surface area contributed by atoms with Crippen LogP contribution in [0.1, 0.15) is 20.3 Å². The van der Waals surface area contributed by atoms with Crippen molar-refractivity contribution in [2.75, 3.05) is 18.6 Å². The van der Waals surface area contributed by atoms with E-state index in [1.165, 1.54) is 6.92 Å². The minimum Gasteiger partial charge on any atom is -0.355 e. The van der Waals surface area contributed by atoms with Crippen molar-refractivity contribution in [3.05, 3.63) is 0 Å². The standard InChI is InChI=1S/C10H21N3O4S/c1-4-12-9(14)7(2)13-10(15)8(11)5-6-18(3,16)17/h7-8H,4-6,11H2,1-3H3,(H,12,14)(H,13,15). The number of likely N-dealkylation sites (N-methyl/N-ethyl adjacent to an activating group) is 1. The third-order valence-corrected chi connectivity index (χ3v) is 3.22. The molecule has 0 aromatic carbocycles. The summed E-state index contributed by atoms with van der Waals surface area (Å²) >= 11 is 0. The van der Waals surface area contributed by atoms with E-state index in [0.717, 1.165) is 6.26 Å². The van der Waals surface area contributed by atoms with Gasteiger partial charge >= 0.3 is 0 Å². The van der Waals surface area contributed by atoms with Gasteiger partial charge in [-0.05, 0) is 20.3 Å². The Kier molecular flexibility index (Phi) is 6.85. The molecule has 2 amide bonds. The molecule has 0 aliphatic carbocycles. The van der Waals surface area contributed by atoms with Crippen LogP contribution in [-0.2, 0) is 19.4 Å². The Morgan fingerprint density at radius 2 is 1.83 bits per heavy atom. The number of hydrogen-bond acceptors (Lipinski definition) is 5. The molecule has 0 aromatic heterocycles. The molecule has 0 saturated heterocycles. The predicted molar refractivity (Wildman–Crippen MR) is 68.6 cm³/mol. The number of carbonyl (C=O) groups is 2. The van der Waals surface area contributed by atoms with Crippen LogP contribution in [0.2, 0.25) is 0 Å². The lowest BCUT2D eigenvalue weighted by Crippen LogP contribution is -2.50. The summed E-state index contributed by atoms with van der Waals surface area (Å²) in [6.07, 6.45) is 1.11. The van der Waals surface area contributed by atoms with Gasteiger partial charge in [0.15, 0.2) is 0 Å². The summed E-state index contributed by atoms with van der Waals surface area (Å²) in [6, 6.07) is -1.63. The molecule has 0 saturated carbocycles. The van der Waals surface area contributed by atoms with Gasteiger partial charge in [0.2, 0.25) is 11.8 Å². The largest absolute Gasteiger partial charge is 0.355 e. The number of carbonyl (C=O) groups excluding carboxylic acids is 2. The Balaban J connectivity index is 4.19. The molecule has 0 rings (SSSR count). The minimum atomic E-state index is -3.15. The first kappa shape index (κ1) is 16.9. The second-order valence-corrected chi connectivity index (χ2v) is 6.41. The molecule has 0 bridgehead atoms. The maximum atomic E-state index is 11.6. The van der Waals surface area contributed by atoms with E-state index in [0.29, 0.717) is 6.54 Å². The van der Waals surface area contributed by atoms with Gasteiger partial charge in [-0.25, -0.2) is 8.42 Å². The normalized spacial score (nSPS) is 14.7. The van der Waals surface area contributed by atoms with E-state index in [1.54, 1.807) is 6.92 Å². The van der Waals surface area contributed by atoms with E-state index < -0.39 is 27.8 Å². The topological polar surface area (TPSA) is 118 Å². The third kappa shape index (κ3) is 7.23. The lowest BCUT2D eigenvalue weighted by Gasteiger charge is -2.16. The van der Waals surface area contributed by atoms with Gasteiger partial charge in [0.05, 0.1) is 11.8 Å². The smallest absolute Gasteiger partial charge is 0.242 e. The Bertz CT molecular complexity index is 394. The number of rotatable bonds is 7. The fourth-order valence-electron chi connectivity index (χ4n) is 1.19. The number of amides is 2. The summed E-state index contributed by atoms with van der Waals surface area (Å²) in [5, 5.41) is 4.99. The van der Waals surface area contributed by atoms with Crippen molar-refractivity contribution in [2.24, 2.45) is 5.73 Å². The van der Waals surface area contributed by atoms with Gasteiger partial charge in [0, 0.05) is 12.8 Å². The van der Waals surface area contributed by atoms with Crippen molar-refractivity contribution < 1.29 is 18.0 Å². The molecule has 0 radical (unpaired) electrons. The highest BCUT2D eigenvalue weighted by Gasteiger charge is 2.20. The van der Waals surface area contributed by atoms with Gasteiger partial charge in [-0.15, -0.1) is 0 Å². The van der Waals surface area contributed by atoms with E-state index in [2.05, 4.69) is 10.6 Å². The maximum absolute atomic E-state index is 11.6. The number of sulfone groups is 1. The van der Waals surface area contributed by atoms with Crippen LogP contribution in [0.5, 0.6) is 0 Å². The summed E-state index contributed by atoms with van der Waals surface area (Å²) in [7, 11) is -3.15. The summed E-state index contributed by atoms with van der Waals surface area (Å²) in [5.41, 5.74) is 5.54. The highest BCUT2D eigenvalue weighted by Crippen LogP contribution is 1.95. The predicted octanol–water partition coefficient (Wildman–Crippen LogP) is -1.61. The van der Waals surface area contributed by atoms with Crippen LogP contribution >= 0.6 is 0 Å². The first-order chi connectivity index (χ1) is 8.17. The van der Waals surface area contributed by atoms with Crippen LogP contribution in [-0.4, -0.2) is 50.9 Å². The maximum Gasteiger partial charge on any atom is 0.242 e. The Labute approximate surface area is 107 Å². The van der Waals surface area contributed by atoms with Crippen molar-refractivity contribution in [2.45, 2.75) is 32.4 Å². The lowest BCUT2D eigenvalue weighted by atomic mass is 10.2. The Morgan fingerprint density at radius 1 is 1.28 bits per heavy atom. The van der Waals surface area contributed by atoms with Gasteiger partial charge in [-0.3, -0.25) is 9.59 Å². The molecule has 2 atom stereocenters. The van der Waals surface area contributed by atoms with E-state index in [-0.39, 0.29) is 18.1 Å². The minimum absolute atomic E-state index is 0.0345. The SMILES string of the molecule is CCNC(=O)C(C)NC(=O)C(N)CCS(C)(=O)=O. The lowest BCUT2D eigenvalue weighted by molar-refractivity contribution is -0.129. The van der Waals surface area contributed by atoms with Crippen molar-refractivity contribution in [1.82, 2.24) is 10.6 Å². The van der Waals surface area contributed by atoms with Crippen LogP contribution in [0.15, 0.2) is 0 Å². The van der Waals surface area contributed by atoms with Gasteiger partial charge in [-0.1, -0.05) is 0 Å². The van der Waals surface area contributed by atoms with Crippen molar-refractivity contribution in [1.29, 1.82) is 0 Å². The first-order valence-corrected chi connectivity index (χ1v) is 7.74. The summed E-state index contributed by atoms with van der Waals surface area (Å²) in [5.74, 6) is -0.990. The van der Waals surface area contributed by atoms with Gasteiger partial charge in [0.1, 0.15) is 15.9 Å². The van der Waals surface area contributed by atoms with E-state index in [9.17, 15) is 18.0 Å². The highest BCUT2D eigenvalue weighted by atomic mass is 32.2. The molecule has 0 aromatic rings. The fraction of sp³-hybridized carbons (Fsp3) is 0.800. The van der Waals surface area contributed by atoms with Crippen molar-refractivity contribution >= 4 is 21.7 Å². The molecule has 0 aliphatic heterocycles. The molecule has 2 unspecified atom stereocenters. The van der Waals surface area contributed by atoms with E-state index >= 15 is 0 Å². The molecule has 0 fully saturated rings.